The fourth-order valence-corrected chi connectivity index (χ4v) is 3.36. The fraction of sp³-hybridized carbons (Fsp3) is 0.200. The number of para-hydroxylation sites is 1. The first kappa shape index (κ1) is 22.4. The van der Waals surface area contributed by atoms with E-state index in [0.29, 0.717) is 17.3 Å². The number of carbonyl (C=O) groups excluding carboxylic acids is 2. The molecule has 0 aliphatic carbocycles. The highest BCUT2D eigenvalue weighted by Crippen LogP contribution is 2.25. The topological polar surface area (TPSA) is 58.6 Å². The van der Waals surface area contributed by atoms with Crippen LogP contribution in [0.3, 0.4) is 0 Å². The van der Waals surface area contributed by atoms with Gasteiger partial charge in [-0.2, -0.15) is 0 Å². The first-order valence-corrected chi connectivity index (χ1v) is 10.5. The van der Waals surface area contributed by atoms with E-state index >= 15 is 0 Å². The van der Waals surface area contributed by atoms with Gasteiger partial charge in [-0.3, -0.25) is 9.59 Å². The van der Waals surface area contributed by atoms with E-state index in [-0.39, 0.29) is 25.0 Å². The van der Waals surface area contributed by atoms with Crippen LogP contribution in [-0.2, 0) is 16.1 Å². The Kier molecular flexibility index (Phi) is 8.07. The van der Waals surface area contributed by atoms with E-state index in [2.05, 4.69) is 5.32 Å². The Morgan fingerprint density at radius 3 is 2.16 bits per heavy atom. The molecule has 6 heteroatoms. The summed E-state index contributed by atoms with van der Waals surface area (Å²) in [5.41, 5.74) is 1.60. The number of hydrogen-bond donors (Lipinski definition) is 1. The fourth-order valence-electron chi connectivity index (χ4n) is 3.23. The molecule has 0 aliphatic heterocycles. The van der Waals surface area contributed by atoms with Gasteiger partial charge in [-0.1, -0.05) is 72.3 Å². The predicted molar refractivity (Wildman–Crippen MR) is 122 cm³/mol. The molecular weight excluding hydrogens is 412 g/mol. The van der Waals surface area contributed by atoms with Crippen molar-refractivity contribution >= 4 is 23.4 Å². The average molecular weight is 437 g/mol. The molecule has 160 valence electrons. The van der Waals surface area contributed by atoms with Gasteiger partial charge in [0.25, 0.3) is 5.91 Å². The third kappa shape index (κ3) is 6.33. The highest BCUT2D eigenvalue weighted by molar-refractivity contribution is 6.30. The number of rotatable bonds is 9. The summed E-state index contributed by atoms with van der Waals surface area (Å²) in [7, 11) is 0. The lowest BCUT2D eigenvalue weighted by Crippen LogP contribution is -2.45. The van der Waals surface area contributed by atoms with Crippen molar-refractivity contribution < 1.29 is 14.3 Å². The van der Waals surface area contributed by atoms with Gasteiger partial charge in [0.05, 0.1) is 0 Å². The summed E-state index contributed by atoms with van der Waals surface area (Å²) in [4.78, 5) is 27.9. The van der Waals surface area contributed by atoms with Crippen LogP contribution in [0.1, 0.15) is 24.1 Å². The van der Waals surface area contributed by atoms with E-state index in [0.717, 1.165) is 11.1 Å². The lowest BCUT2D eigenvalue weighted by Gasteiger charge is -2.31. The second-order valence-corrected chi connectivity index (χ2v) is 7.39. The predicted octanol–water partition coefficient (Wildman–Crippen LogP) is 4.63. The van der Waals surface area contributed by atoms with Crippen LogP contribution in [0.4, 0.5) is 0 Å². The van der Waals surface area contributed by atoms with Crippen molar-refractivity contribution in [3.63, 3.8) is 0 Å². The van der Waals surface area contributed by atoms with E-state index in [4.69, 9.17) is 16.3 Å². The number of hydrogen-bond acceptors (Lipinski definition) is 3. The monoisotopic (exact) mass is 436 g/mol. The minimum Gasteiger partial charge on any atom is -0.484 e. The molecule has 31 heavy (non-hydrogen) atoms. The number of amides is 2. The zero-order chi connectivity index (χ0) is 22.1. The summed E-state index contributed by atoms with van der Waals surface area (Å²) in [6, 6.07) is 24.9. The summed E-state index contributed by atoms with van der Waals surface area (Å²) in [5.74, 6) is 0.0613. The Hall–Kier alpha value is -3.31. The van der Waals surface area contributed by atoms with Crippen LogP contribution in [0.2, 0.25) is 5.02 Å². The van der Waals surface area contributed by atoms with Gasteiger partial charge in [-0.05, 0) is 42.3 Å². The van der Waals surface area contributed by atoms with Gasteiger partial charge >= 0.3 is 0 Å². The van der Waals surface area contributed by atoms with Crippen LogP contribution in [0.25, 0.3) is 0 Å². The molecule has 3 rings (SSSR count). The summed E-state index contributed by atoms with van der Waals surface area (Å²) in [5, 5.41) is 3.46. The molecule has 0 aromatic heterocycles. The molecule has 1 N–H and O–H groups in total. The van der Waals surface area contributed by atoms with Crippen LogP contribution in [-0.4, -0.2) is 29.9 Å². The molecule has 0 spiro atoms. The Morgan fingerprint density at radius 2 is 1.55 bits per heavy atom. The number of likely N-dealkylation sites (N-methyl/N-ethyl adjacent to an activating group) is 1. The normalized spacial score (nSPS) is 11.4. The molecule has 0 saturated carbocycles. The van der Waals surface area contributed by atoms with Crippen LogP contribution < -0.4 is 10.1 Å². The molecule has 3 aromatic carbocycles. The highest BCUT2D eigenvalue weighted by atomic mass is 35.5. The summed E-state index contributed by atoms with van der Waals surface area (Å²) >= 11 is 6.01. The van der Waals surface area contributed by atoms with Crippen molar-refractivity contribution in [2.45, 2.75) is 19.5 Å². The molecule has 0 heterocycles. The molecule has 1 unspecified atom stereocenters. The smallest absolute Gasteiger partial charge is 0.261 e. The third-order valence-electron chi connectivity index (χ3n) is 4.72. The van der Waals surface area contributed by atoms with Crippen molar-refractivity contribution in [1.29, 1.82) is 0 Å². The van der Waals surface area contributed by atoms with Crippen molar-refractivity contribution in [2.75, 3.05) is 13.2 Å². The van der Waals surface area contributed by atoms with Crippen molar-refractivity contribution in [2.24, 2.45) is 0 Å². The average Bonchev–Trinajstić information content (AvgIpc) is 2.80. The zero-order valence-electron chi connectivity index (χ0n) is 17.3. The van der Waals surface area contributed by atoms with Gasteiger partial charge in [0.2, 0.25) is 5.91 Å². The molecule has 0 bridgehead atoms. The number of benzene rings is 3. The minimum atomic E-state index is -0.788. The second-order valence-electron chi connectivity index (χ2n) is 6.96. The Bertz CT molecular complexity index is 979. The van der Waals surface area contributed by atoms with E-state index in [1.165, 1.54) is 0 Å². The summed E-state index contributed by atoms with van der Waals surface area (Å²) in [6.07, 6.45) is 0. The summed E-state index contributed by atoms with van der Waals surface area (Å²) in [6.45, 7) is 2.38. The van der Waals surface area contributed by atoms with E-state index in [1.54, 1.807) is 29.2 Å². The Balaban J connectivity index is 1.91. The van der Waals surface area contributed by atoms with E-state index < -0.39 is 6.04 Å². The van der Waals surface area contributed by atoms with Crippen LogP contribution >= 0.6 is 11.6 Å². The maximum absolute atomic E-state index is 13.3. The van der Waals surface area contributed by atoms with Crippen LogP contribution in [0.15, 0.2) is 84.9 Å². The summed E-state index contributed by atoms with van der Waals surface area (Å²) < 4.78 is 5.69. The number of nitrogens with one attached hydrogen (secondary N) is 1. The Labute approximate surface area is 187 Å². The molecule has 0 radical (unpaired) electrons. The van der Waals surface area contributed by atoms with Gasteiger partial charge in [0.15, 0.2) is 6.61 Å². The van der Waals surface area contributed by atoms with Crippen molar-refractivity contribution in [3.8, 4) is 5.75 Å². The molecular formula is C25H25ClN2O3. The van der Waals surface area contributed by atoms with Gasteiger partial charge < -0.3 is 15.0 Å². The van der Waals surface area contributed by atoms with E-state index in [1.807, 2.05) is 67.6 Å². The largest absolute Gasteiger partial charge is 0.484 e. The first-order chi connectivity index (χ1) is 15.1. The molecule has 3 aromatic rings. The molecule has 0 saturated heterocycles. The standard InChI is InChI=1S/C25H25ClN2O3/c1-2-27-25(30)24(20-9-5-3-6-10-20)28(17-19-13-15-21(26)16-14-19)23(29)18-31-22-11-7-4-8-12-22/h3-16,24H,2,17-18H2,1H3,(H,27,30). The van der Waals surface area contributed by atoms with Gasteiger partial charge in [-0.25, -0.2) is 0 Å². The SMILES string of the molecule is CCNC(=O)C(c1ccccc1)N(Cc1ccc(Cl)cc1)C(=O)COc1ccccc1. The quantitative estimate of drug-likeness (QED) is 0.532. The highest BCUT2D eigenvalue weighted by Gasteiger charge is 2.31. The lowest BCUT2D eigenvalue weighted by molar-refractivity contribution is -0.143. The molecule has 0 aliphatic rings. The minimum absolute atomic E-state index is 0.180. The molecule has 2 amide bonds. The number of nitrogens with zero attached hydrogens (tertiary/aromatic N) is 1. The molecule has 5 nitrogen and oxygen atoms in total. The van der Waals surface area contributed by atoms with Crippen LogP contribution in [0, 0.1) is 0 Å². The lowest BCUT2D eigenvalue weighted by atomic mass is 10.0. The zero-order valence-corrected chi connectivity index (χ0v) is 18.1. The third-order valence-corrected chi connectivity index (χ3v) is 4.97. The Morgan fingerprint density at radius 1 is 0.935 bits per heavy atom. The molecule has 0 fully saturated rings. The maximum Gasteiger partial charge on any atom is 0.261 e. The van der Waals surface area contributed by atoms with Gasteiger partial charge in [0, 0.05) is 18.1 Å². The number of carbonyl (C=O) groups is 2. The molecule has 1 atom stereocenters. The van der Waals surface area contributed by atoms with Crippen LogP contribution in [0.5, 0.6) is 5.75 Å². The van der Waals surface area contributed by atoms with Gasteiger partial charge in [-0.15, -0.1) is 0 Å². The van der Waals surface area contributed by atoms with Crippen molar-refractivity contribution in [1.82, 2.24) is 10.2 Å². The number of halogens is 1. The van der Waals surface area contributed by atoms with Gasteiger partial charge in [0.1, 0.15) is 11.8 Å². The van der Waals surface area contributed by atoms with E-state index in [9.17, 15) is 9.59 Å². The second kappa shape index (κ2) is 11.2. The number of ether oxygens (including phenoxy) is 1. The van der Waals surface area contributed by atoms with Crippen molar-refractivity contribution in [3.05, 3.63) is 101 Å². The first-order valence-electron chi connectivity index (χ1n) is 10.1. The maximum atomic E-state index is 13.3.